The zero-order valence-corrected chi connectivity index (χ0v) is 11.1. The molecule has 1 aromatic rings. The summed E-state index contributed by atoms with van der Waals surface area (Å²) in [6.45, 7) is 1.05. The lowest BCUT2D eigenvalue weighted by molar-refractivity contribution is 0.0777. The van der Waals surface area contributed by atoms with Gasteiger partial charge in [0.2, 0.25) is 0 Å². The number of nitrogen functional groups attached to an aromatic ring is 1. The Balaban J connectivity index is 2.13. The number of thiazole rings is 1. The molecule has 8 heteroatoms. The summed E-state index contributed by atoms with van der Waals surface area (Å²) in [4.78, 5) is 18.3. The van der Waals surface area contributed by atoms with E-state index in [0.717, 1.165) is 0 Å². The van der Waals surface area contributed by atoms with Crippen molar-refractivity contribution in [2.75, 3.05) is 42.7 Å². The van der Waals surface area contributed by atoms with Gasteiger partial charge in [0.15, 0.2) is 5.13 Å². The van der Waals surface area contributed by atoms with Gasteiger partial charge in [-0.1, -0.05) is 11.3 Å². The summed E-state index contributed by atoms with van der Waals surface area (Å²) in [7, 11) is 0.947. The molecule has 0 aliphatic carbocycles. The summed E-state index contributed by atoms with van der Waals surface area (Å²) in [5.74, 6) is 1.24. The topological polar surface area (TPSA) is 88.3 Å². The van der Waals surface area contributed by atoms with Crippen molar-refractivity contribution in [2.45, 2.75) is 0 Å². The SMILES string of the molecule is CNc1nc(N)c(C(=O)N2CCS(=O)CC2)s1. The fourth-order valence-corrected chi connectivity index (χ4v) is 3.43. The molecule has 1 amide bonds. The Bertz CT molecular complexity index is 450. The fraction of sp³-hybridized carbons (Fsp3) is 0.556. The van der Waals surface area contributed by atoms with Crippen molar-refractivity contribution >= 4 is 39.0 Å². The fourth-order valence-electron chi connectivity index (χ4n) is 1.58. The number of anilines is 2. The van der Waals surface area contributed by atoms with E-state index in [1.165, 1.54) is 11.3 Å². The molecule has 94 valence electrons. The quantitative estimate of drug-likeness (QED) is 0.791. The Hall–Kier alpha value is -1.15. The summed E-state index contributed by atoms with van der Waals surface area (Å²) in [5.41, 5.74) is 5.70. The third-order valence-corrected chi connectivity index (χ3v) is 4.88. The molecule has 1 aliphatic rings. The van der Waals surface area contributed by atoms with Gasteiger partial charge in [-0.05, 0) is 0 Å². The molecule has 0 aromatic carbocycles. The monoisotopic (exact) mass is 274 g/mol. The van der Waals surface area contributed by atoms with E-state index in [4.69, 9.17) is 5.73 Å². The van der Waals surface area contributed by atoms with Gasteiger partial charge in [0.05, 0.1) is 0 Å². The lowest BCUT2D eigenvalue weighted by Gasteiger charge is -2.25. The third kappa shape index (κ3) is 2.58. The van der Waals surface area contributed by atoms with E-state index in [1.807, 2.05) is 0 Å². The summed E-state index contributed by atoms with van der Waals surface area (Å²) < 4.78 is 11.2. The van der Waals surface area contributed by atoms with E-state index in [0.29, 0.717) is 34.6 Å². The molecule has 0 saturated carbocycles. The van der Waals surface area contributed by atoms with Crippen LogP contribution in [0.15, 0.2) is 0 Å². The molecule has 2 rings (SSSR count). The molecule has 0 atom stereocenters. The number of hydrogen-bond donors (Lipinski definition) is 2. The molecule has 0 spiro atoms. The number of nitrogens with zero attached hydrogens (tertiary/aromatic N) is 2. The maximum absolute atomic E-state index is 12.1. The van der Waals surface area contributed by atoms with E-state index in [-0.39, 0.29) is 11.7 Å². The standard InChI is InChI=1S/C9H14N4O2S2/c1-11-9-12-7(10)6(16-9)8(14)13-2-4-17(15)5-3-13/h2-5,10H2,1H3,(H,11,12). The van der Waals surface area contributed by atoms with Crippen LogP contribution in [0.25, 0.3) is 0 Å². The number of aromatic nitrogens is 1. The number of carbonyl (C=O) groups excluding carboxylic acids is 1. The van der Waals surface area contributed by atoms with Crippen molar-refractivity contribution in [3.8, 4) is 0 Å². The van der Waals surface area contributed by atoms with Crippen LogP contribution >= 0.6 is 11.3 Å². The normalized spacial score (nSPS) is 17.1. The van der Waals surface area contributed by atoms with Crippen LogP contribution in [0.4, 0.5) is 10.9 Å². The lowest BCUT2D eigenvalue weighted by atomic mass is 10.4. The first-order valence-electron chi connectivity index (χ1n) is 5.20. The van der Waals surface area contributed by atoms with E-state index >= 15 is 0 Å². The van der Waals surface area contributed by atoms with Crippen molar-refractivity contribution < 1.29 is 9.00 Å². The molecule has 1 saturated heterocycles. The molecular formula is C9H14N4O2S2. The average Bonchev–Trinajstić information content (AvgIpc) is 2.71. The Morgan fingerprint density at radius 2 is 2.18 bits per heavy atom. The van der Waals surface area contributed by atoms with Gasteiger partial charge in [0.25, 0.3) is 5.91 Å². The van der Waals surface area contributed by atoms with Crippen LogP contribution < -0.4 is 11.1 Å². The Kier molecular flexibility index (Phi) is 3.63. The number of hydrogen-bond acceptors (Lipinski definition) is 6. The number of rotatable bonds is 2. The van der Waals surface area contributed by atoms with Crippen LogP contribution in [0, 0.1) is 0 Å². The van der Waals surface area contributed by atoms with Crippen molar-refractivity contribution in [3.05, 3.63) is 4.88 Å². The van der Waals surface area contributed by atoms with Crippen LogP contribution in [0.3, 0.4) is 0 Å². The van der Waals surface area contributed by atoms with Gasteiger partial charge in [0, 0.05) is 42.4 Å². The predicted octanol–water partition coefficient (Wildman–Crippen LogP) is -0.0285. The van der Waals surface area contributed by atoms with Crippen molar-refractivity contribution in [1.29, 1.82) is 0 Å². The maximum Gasteiger partial charge on any atom is 0.267 e. The van der Waals surface area contributed by atoms with E-state index in [1.54, 1.807) is 11.9 Å². The summed E-state index contributed by atoms with van der Waals surface area (Å²) in [6, 6.07) is 0. The zero-order chi connectivity index (χ0) is 12.4. The van der Waals surface area contributed by atoms with Crippen LogP contribution in [0.2, 0.25) is 0 Å². The first-order valence-corrected chi connectivity index (χ1v) is 7.50. The molecule has 3 N–H and O–H groups in total. The minimum Gasteiger partial charge on any atom is -0.382 e. The molecule has 0 unspecified atom stereocenters. The average molecular weight is 274 g/mol. The van der Waals surface area contributed by atoms with E-state index in [9.17, 15) is 9.00 Å². The number of carbonyl (C=O) groups is 1. The zero-order valence-electron chi connectivity index (χ0n) is 9.43. The van der Waals surface area contributed by atoms with E-state index in [2.05, 4.69) is 10.3 Å². The largest absolute Gasteiger partial charge is 0.382 e. The van der Waals surface area contributed by atoms with Crippen LogP contribution in [-0.2, 0) is 10.8 Å². The van der Waals surface area contributed by atoms with Crippen molar-refractivity contribution in [2.24, 2.45) is 0 Å². The van der Waals surface area contributed by atoms with Gasteiger partial charge in [-0.2, -0.15) is 0 Å². The first-order chi connectivity index (χ1) is 8.11. The van der Waals surface area contributed by atoms with Gasteiger partial charge in [0.1, 0.15) is 10.7 Å². The smallest absolute Gasteiger partial charge is 0.267 e. The Morgan fingerprint density at radius 3 is 2.71 bits per heavy atom. The maximum atomic E-state index is 12.1. The minimum atomic E-state index is -0.785. The molecule has 17 heavy (non-hydrogen) atoms. The van der Waals surface area contributed by atoms with Gasteiger partial charge >= 0.3 is 0 Å². The van der Waals surface area contributed by atoms with Crippen LogP contribution in [-0.4, -0.2) is 51.6 Å². The lowest BCUT2D eigenvalue weighted by Crippen LogP contribution is -2.41. The predicted molar refractivity (Wildman–Crippen MR) is 69.9 cm³/mol. The second kappa shape index (κ2) is 5.01. The number of nitrogens with two attached hydrogens (primary N) is 1. The molecular weight excluding hydrogens is 260 g/mol. The third-order valence-electron chi connectivity index (χ3n) is 2.53. The summed E-state index contributed by atoms with van der Waals surface area (Å²) in [6.07, 6.45) is 0. The highest BCUT2D eigenvalue weighted by Crippen LogP contribution is 2.26. The van der Waals surface area contributed by atoms with Gasteiger partial charge in [-0.15, -0.1) is 0 Å². The Morgan fingerprint density at radius 1 is 1.53 bits per heavy atom. The highest BCUT2D eigenvalue weighted by molar-refractivity contribution is 7.85. The highest BCUT2D eigenvalue weighted by atomic mass is 32.2. The first kappa shape index (κ1) is 12.3. The van der Waals surface area contributed by atoms with Crippen LogP contribution in [0.1, 0.15) is 9.67 Å². The molecule has 2 heterocycles. The molecule has 0 radical (unpaired) electrons. The van der Waals surface area contributed by atoms with Gasteiger partial charge < -0.3 is 16.0 Å². The molecule has 1 aromatic heterocycles. The van der Waals surface area contributed by atoms with Crippen molar-refractivity contribution in [3.63, 3.8) is 0 Å². The number of nitrogens with one attached hydrogen (secondary N) is 1. The molecule has 0 bridgehead atoms. The second-order valence-corrected chi connectivity index (χ2v) is 6.32. The van der Waals surface area contributed by atoms with Gasteiger partial charge in [-0.25, -0.2) is 4.98 Å². The van der Waals surface area contributed by atoms with E-state index < -0.39 is 10.8 Å². The number of amides is 1. The molecule has 1 aliphatic heterocycles. The van der Waals surface area contributed by atoms with Gasteiger partial charge in [-0.3, -0.25) is 9.00 Å². The molecule has 6 nitrogen and oxygen atoms in total. The minimum absolute atomic E-state index is 0.113. The van der Waals surface area contributed by atoms with Crippen molar-refractivity contribution in [1.82, 2.24) is 9.88 Å². The Labute approximate surface area is 106 Å². The highest BCUT2D eigenvalue weighted by Gasteiger charge is 2.25. The molecule has 1 fully saturated rings. The summed E-state index contributed by atoms with van der Waals surface area (Å²) >= 11 is 1.25. The second-order valence-electron chi connectivity index (χ2n) is 3.62. The van der Waals surface area contributed by atoms with Crippen LogP contribution in [0.5, 0.6) is 0 Å². The summed E-state index contributed by atoms with van der Waals surface area (Å²) in [5, 5.41) is 3.49.